The Bertz CT molecular complexity index is 266. The maximum atomic E-state index is 10.9. The zero-order valence-electron chi connectivity index (χ0n) is 10.6. The van der Waals surface area contributed by atoms with Crippen molar-refractivity contribution in [3.05, 3.63) is 0 Å². The van der Waals surface area contributed by atoms with Crippen molar-refractivity contribution in [3.8, 4) is 0 Å². The van der Waals surface area contributed by atoms with Crippen LogP contribution >= 0.6 is 0 Å². The monoisotopic (exact) mass is 229 g/mol. The molecule has 0 aromatic rings. The predicted molar refractivity (Wildman–Crippen MR) is 63.3 cm³/mol. The molecule has 0 amide bonds. The highest BCUT2D eigenvalue weighted by atomic mass is 16.4. The number of likely N-dealkylation sites (N-methyl/N-ethyl adjacent to an activating group) is 1. The van der Waals surface area contributed by atoms with Crippen LogP contribution in [0.15, 0.2) is 0 Å². The molecule has 3 unspecified atom stereocenters. The van der Waals surface area contributed by atoms with Gasteiger partial charge in [-0.25, -0.2) is 0 Å². The Balaban J connectivity index is 2.57. The topological polar surface area (TPSA) is 69.8 Å². The van der Waals surface area contributed by atoms with Crippen molar-refractivity contribution < 1.29 is 9.90 Å². The van der Waals surface area contributed by atoms with Crippen LogP contribution < -0.4 is 5.73 Å². The van der Waals surface area contributed by atoms with Gasteiger partial charge in [-0.05, 0) is 26.9 Å². The summed E-state index contributed by atoms with van der Waals surface area (Å²) in [6.45, 7) is 6.00. The highest BCUT2D eigenvalue weighted by Crippen LogP contribution is 2.21. The second-order valence-corrected chi connectivity index (χ2v) is 5.42. The van der Waals surface area contributed by atoms with Gasteiger partial charge in [-0.2, -0.15) is 0 Å². The highest BCUT2D eigenvalue weighted by molar-refractivity contribution is 5.78. The average molecular weight is 229 g/mol. The molecule has 1 saturated heterocycles. The van der Waals surface area contributed by atoms with Crippen molar-refractivity contribution >= 4 is 5.97 Å². The lowest BCUT2D eigenvalue weighted by molar-refractivity contribution is -0.143. The van der Waals surface area contributed by atoms with E-state index >= 15 is 0 Å². The van der Waals surface area contributed by atoms with Gasteiger partial charge in [-0.1, -0.05) is 6.92 Å². The van der Waals surface area contributed by atoms with E-state index in [0.29, 0.717) is 18.5 Å². The van der Waals surface area contributed by atoms with E-state index in [0.717, 1.165) is 13.1 Å². The summed E-state index contributed by atoms with van der Waals surface area (Å²) in [6, 6.07) is 0.490. The standard InChI is InChI=1S/C11H23N3O2/c1-8-5-14(6-9(8)13(3)4)7-11(2,12)10(15)16/h8-9H,5-7,12H2,1-4H3,(H,15,16). The second kappa shape index (κ2) is 4.69. The molecule has 0 radical (unpaired) electrons. The minimum absolute atomic E-state index is 0.414. The molecule has 1 rings (SSSR count). The third-order valence-electron chi connectivity index (χ3n) is 3.35. The van der Waals surface area contributed by atoms with Crippen LogP contribution in [0.3, 0.4) is 0 Å². The van der Waals surface area contributed by atoms with Gasteiger partial charge in [0.2, 0.25) is 0 Å². The zero-order valence-corrected chi connectivity index (χ0v) is 10.6. The Morgan fingerprint density at radius 2 is 2.12 bits per heavy atom. The first-order chi connectivity index (χ1) is 7.24. The van der Waals surface area contributed by atoms with Crippen LogP contribution in [0, 0.1) is 5.92 Å². The first kappa shape index (κ1) is 13.4. The normalized spacial score (nSPS) is 30.6. The molecule has 1 fully saturated rings. The fourth-order valence-electron chi connectivity index (χ4n) is 2.38. The summed E-state index contributed by atoms with van der Waals surface area (Å²) < 4.78 is 0. The van der Waals surface area contributed by atoms with Crippen molar-refractivity contribution in [2.24, 2.45) is 11.7 Å². The first-order valence-electron chi connectivity index (χ1n) is 5.65. The molecule has 5 heteroatoms. The number of nitrogens with zero attached hydrogens (tertiary/aromatic N) is 2. The molecule has 1 heterocycles. The van der Waals surface area contributed by atoms with Gasteiger partial charge >= 0.3 is 5.97 Å². The van der Waals surface area contributed by atoms with Crippen LogP contribution in [0.2, 0.25) is 0 Å². The number of hydrogen-bond donors (Lipinski definition) is 2. The average Bonchev–Trinajstić information content (AvgIpc) is 2.45. The fraction of sp³-hybridized carbons (Fsp3) is 0.909. The predicted octanol–water partition coefficient (Wildman–Crippen LogP) is -0.330. The summed E-state index contributed by atoms with van der Waals surface area (Å²) in [4.78, 5) is 15.3. The van der Waals surface area contributed by atoms with E-state index < -0.39 is 11.5 Å². The highest BCUT2D eigenvalue weighted by Gasteiger charge is 2.37. The molecule has 1 aliphatic rings. The van der Waals surface area contributed by atoms with Gasteiger partial charge in [0, 0.05) is 25.7 Å². The number of carboxylic acid groups (broad SMARTS) is 1. The Hall–Kier alpha value is -0.650. The van der Waals surface area contributed by atoms with Crippen molar-refractivity contribution in [2.45, 2.75) is 25.4 Å². The third-order valence-corrected chi connectivity index (χ3v) is 3.35. The van der Waals surface area contributed by atoms with Gasteiger partial charge in [0.1, 0.15) is 5.54 Å². The number of nitrogens with two attached hydrogens (primary N) is 1. The van der Waals surface area contributed by atoms with E-state index in [1.807, 2.05) is 0 Å². The van der Waals surface area contributed by atoms with Crippen molar-refractivity contribution in [2.75, 3.05) is 33.7 Å². The van der Waals surface area contributed by atoms with E-state index in [4.69, 9.17) is 10.8 Å². The van der Waals surface area contributed by atoms with Crippen LogP contribution in [0.25, 0.3) is 0 Å². The maximum Gasteiger partial charge on any atom is 0.324 e. The molecule has 0 aromatic carbocycles. The number of aliphatic carboxylic acids is 1. The molecule has 16 heavy (non-hydrogen) atoms. The smallest absolute Gasteiger partial charge is 0.324 e. The van der Waals surface area contributed by atoms with Gasteiger partial charge in [0.05, 0.1) is 0 Å². The van der Waals surface area contributed by atoms with Crippen LogP contribution in [-0.2, 0) is 4.79 Å². The van der Waals surface area contributed by atoms with Gasteiger partial charge in [-0.3, -0.25) is 9.69 Å². The van der Waals surface area contributed by atoms with Gasteiger partial charge in [0.15, 0.2) is 0 Å². The maximum absolute atomic E-state index is 10.9. The quantitative estimate of drug-likeness (QED) is 0.691. The van der Waals surface area contributed by atoms with E-state index in [1.165, 1.54) is 0 Å². The van der Waals surface area contributed by atoms with Crippen molar-refractivity contribution in [1.29, 1.82) is 0 Å². The van der Waals surface area contributed by atoms with E-state index in [9.17, 15) is 4.79 Å². The van der Waals surface area contributed by atoms with E-state index in [2.05, 4.69) is 30.8 Å². The summed E-state index contributed by atoms with van der Waals surface area (Å²) >= 11 is 0. The summed E-state index contributed by atoms with van der Waals surface area (Å²) in [7, 11) is 4.12. The Labute approximate surface area is 97.2 Å². The van der Waals surface area contributed by atoms with Crippen LogP contribution in [-0.4, -0.2) is 66.2 Å². The van der Waals surface area contributed by atoms with Crippen LogP contribution in [0.4, 0.5) is 0 Å². The molecule has 0 bridgehead atoms. The molecule has 3 N–H and O–H groups in total. The molecule has 3 atom stereocenters. The van der Waals surface area contributed by atoms with Crippen molar-refractivity contribution in [1.82, 2.24) is 9.80 Å². The summed E-state index contributed by atoms with van der Waals surface area (Å²) in [6.07, 6.45) is 0. The zero-order chi connectivity index (χ0) is 12.5. The molecule has 0 aliphatic carbocycles. The van der Waals surface area contributed by atoms with E-state index in [-0.39, 0.29) is 0 Å². The van der Waals surface area contributed by atoms with Gasteiger partial charge < -0.3 is 15.7 Å². The number of hydrogen-bond acceptors (Lipinski definition) is 4. The Morgan fingerprint density at radius 3 is 2.50 bits per heavy atom. The molecule has 0 aromatic heterocycles. The minimum Gasteiger partial charge on any atom is -0.480 e. The molecule has 1 aliphatic heterocycles. The third kappa shape index (κ3) is 2.93. The lowest BCUT2D eigenvalue weighted by Crippen LogP contribution is -2.53. The molecule has 0 spiro atoms. The number of carboxylic acids is 1. The molecular weight excluding hydrogens is 206 g/mol. The number of likely N-dealkylation sites (tertiary alicyclic amines) is 1. The first-order valence-corrected chi connectivity index (χ1v) is 5.65. The SMILES string of the molecule is CC1CN(CC(C)(N)C(=O)O)CC1N(C)C. The van der Waals surface area contributed by atoms with Crippen molar-refractivity contribution in [3.63, 3.8) is 0 Å². The summed E-state index contributed by atoms with van der Waals surface area (Å²) in [5.74, 6) is -0.381. The molecular formula is C11H23N3O2. The lowest BCUT2D eigenvalue weighted by Gasteiger charge is -2.27. The second-order valence-electron chi connectivity index (χ2n) is 5.42. The summed E-state index contributed by atoms with van der Waals surface area (Å²) in [5, 5.41) is 8.98. The largest absolute Gasteiger partial charge is 0.480 e. The Morgan fingerprint density at radius 1 is 1.56 bits per heavy atom. The van der Waals surface area contributed by atoms with E-state index in [1.54, 1.807) is 6.92 Å². The molecule has 94 valence electrons. The van der Waals surface area contributed by atoms with Crippen LogP contribution in [0.5, 0.6) is 0 Å². The summed E-state index contributed by atoms with van der Waals surface area (Å²) in [5.41, 5.74) is 4.60. The molecule has 5 nitrogen and oxygen atoms in total. The number of rotatable bonds is 4. The molecule has 0 saturated carbocycles. The van der Waals surface area contributed by atoms with Gasteiger partial charge in [-0.15, -0.1) is 0 Å². The Kier molecular flexibility index (Phi) is 3.93. The number of carbonyl (C=O) groups is 1. The lowest BCUT2D eigenvalue weighted by atomic mass is 10.0. The fourth-order valence-corrected chi connectivity index (χ4v) is 2.38. The minimum atomic E-state index is -1.15. The van der Waals surface area contributed by atoms with Gasteiger partial charge in [0.25, 0.3) is 0 Å². The van der Waals surface area contributed by atoms with Crippen LogP contribution in [0.1, 0.15) is 13.8 Å².